The SMILES string of the molecule is CC(=O)c1ccc(N2CCN(C(=O)COc3cc(C)ccc3C(N)=O)CC2)c(F)c1. The Morgan fingerprint density at radius 1 is 1.07 bits per heavy atom. The number of aryl methyl sites for hydroxylation is 1. The Labute approximate surface area is 174 Å². The largest absolute Gasteiger partial charge is 0.483 e. The zero-order chi connectivity index (χ0) is 21.8. The molecule has 1 aliphatic heterocycles. The summed E-state index contributed by atoms with van der Waals surface area (Å²) in [6, 6.07) is 9.41. The number of ketones is 1. The van der Waals surface area contributed by atoms with Crippen LogP contribution < -0.4 is 15.4 Å². The van der Waals surface area contributed by atoms with Gasteiger partial charge in [-0.05, 0) is 49.7 Å². The molecule has 0 unspecified atom stereocenters. The first-order chi connectivity index (χ1) is 14.3. The highest BCUT2D eigenvalue weighted by molar-refractivity contribution is 5.96. The highest BCUT2D eigenvalue weighted by atomic mass is 19.1. The lowest BCUT2D eigenvalue weighted by molar-refractivity contribution is -0.133. The number of hydrogen-bond acceptors (Lipinski definition) is 5. The molecule has 30 heavy (non-hydrogen) atoms. The molecule has 0 atom stereocenters. The average molecular weight is 413 g/mol. The molecule has 2 aromatic rings. The molecule has 2 N–H and O–H groups in total. The summed E-state index contributed by atoms with van der Waals surface area (Å²) in [5.74, 6) is -1.21. The molecular formula is C22H24FN3O4. The summed E-state index contributed by atoms with van der Waals surface area (Å²) < 4.78 is 19.9. The number of rotatable bonds is 6. The van der Waals surface area contributed by atoms with Gasteiger partial charge in [-0.2, -0.15) is 0 Å². The molecule has 0 saturated carbocycles. The molecule has 0 aliphatic carbocycles. The smallest absolute Gasteiger partial charge is 0.260 e. The van der Waals surface area contributed by atoms with Crippen molar-refractivity contribution in [1.29, 1.82) is 0 Å². The Balaban J connectivity index is 1.58. The fourth-order valence-corrected chi connectivity index (χ4v) is 3.36. The Hall–Kier alpha value is -3.42. The number of amides is 2. The van der Waals surface area contributed by atoms with E-state index in [0.29, 0.717) is 37.4 Å². The van der Waals surface area contributed by atoms with Gasteiger partial charge >= 0.3 is 0 Å². The molecule has 158 valence electrons. The van der Waals surface area contributed by atoms with E-state index in [2.05, 4.69) is 0 Å². The van der Waals surface area contributed by atoms with Gasteiger partial charge in [-0.3, -0.25) is 14.4 Å². The molecular weight excluding hydrogens is 389 g/mol. The van der Waals surface area contributed by atoms with Crippen LogP contribution in [-0.4, -0.2) is 55.3 Å². The number of Topliss-reactive ketones (excluding diaryl/α,β-unsaturated/α-hetero) is 1. The number of carbonyl (C=O) groups excluding carboxylic acids is 3. The molecule has 7 nitrogen and oxygen atoms in total. The Bertz CT molecular complexity index is 984. The van der Waals surface area contributed by atoms with E-state index in [1.165, 1.54) is 13.0 Å². The first kappa shape index (κ1) is 21.3. The van der Waals surface area contributed by atoms with Crippen LogP contribution in [-0.2, 0) is 4.79 Å². The minimum absolute atomic E-state index is 0.191. The van der Waals surface area contributed by atoms with Gasteiger partial charge in [0.05, 0.1) is 11.3 Å². The first-order valence-corrected chi connectivity index (χ1v) is 9.62. The topological polar surface area (TPSA) is 92.9 Å². The van der Waals surface area contributed by atoms with E-state index in [9.17, 15) is 18.8 Å². The van der Waals surface area contributed by atoms with Gasteiger partial charge in [0.2, 0.25) is 0 Å². The molecule has 1 heterocycles. The molecule has 1 fully saturated rings. The number of ether oxygens (including phenoxy) is 1. The maximum Gasteiger partial charge on any atom is 0.260 e. The van der Waals surface area contributed by atoms with Gasteiger partial charge in [0.1, 0.15) is 11.6 Å². The summed E-state index contributed by atoms with van der Waals surface area (Å²) in [6.45, 7) is 4.76. The molecule has 3 rings (SSSR count). The van der Waals surface area contributed by atoms with Crippen LogP contribution in [0, 0.1) is 12.7 Å². The minimum Gasteiger partial charge on any atom is -0.483 e. The van der Waals surface area contributed by atoms with Crippen molar-refractivity contribution < 1.29 is 23.5 Å². The Kier molecular flexibility index (Phi) is 6.34. The second kappa shape index (κ2) is 8.94. The summed E-state index contributed by atoms with van der Waals surface area (Å²) in [6.07, 6.45) is 0. The van der Waals surface area contributed by atoms with Crippen LogP contribution in [0.1, 0.15) is 33.2 Å². The maximum atomic E-state index is 14.4. The predicted molar refractivity (Wildman–Crippen MR) is 110 cm³/mol. The van der Waals surface area contributed by atoms with Gasteiger partial charge in [0, 0.05) is 31.7 Å². The van der Waals surface area contributed by atoms with Crippen LogP contribution >= 0.6 is 0 Å². The summed E-state index contributed by atoms with van der Waals surface area (Å²) in [4.78, 5) is 38.9. The summed E-state index contributed by atoms with van der Waals surface area (Å²) in [7, 11) is 0. The van der Waals surface area contributed by atoms with E-state index in [0.717, 1.165) is 5.56 Å². The number of piperazine rings is 1. The van der Waals surface area contributed by atoms with Crippen molar-refractivity contribution >= 4 is 23.3 Å². The normalized spacial score (nSPS) is 13.8. The fourth-order valence-electron chi connectivity index (χ4n) is 3.36. The van der Waals surface area contributed by atoms with Crippen molar-refractivity contribution in [3.63, 3.8) is 0 Å². The average Bonchev–Trinajstić information content (AvgIpc) is 2.71. The number of carbonyl (C=O) groups is 3. The Morgan fingerprint density at radius 2 is 1.77 bits per heavy atom. The van der Waals surface area contributed by atoms with Gasteiger partial charge < -0.3 is 20.3 Å². The van der Waals surface area contributed by atoms with Crippen molar-refractivity contribution in [2.24, 2.45) is 5.73 Å². The number of hydrogen-bond donors (Lipinski definition) is 1. The lowest BCUT2D eigenvalue weighted by Gasteiger charge is -2.36. The lowest BCUT2D eigenvalue weighted by Crippen LogP contribution is -2.50. The molecule has 0 radical (unpaired) electrons. The highest BCUT2D eigenvalue weighted by Crippen LogP contribution is 2.23. The van der Waals surface area contributed by atoms with Gasteiger partial charge in [0.25, 0.3) is 11.8 Å². The number of benzene rings is 2. The van der Waals surface area contributed by atoms with Gasteiger partial charge in [0.15, 0.2) is 12.4 Å². The number of nitrogens with zero attached hydrogens (tertiary/aromatic N) is 2. The second-order valence-corrected chi connectivity index (χ2v) is 7.24. The van der Waals surface area contributed by atoms with E-state index in [1.807, 2.05) is 11.8 Å². The van der Waals surface area contributed by atoms with Crippen LogP contribution in [0.4, 0.5) is 10.1 Å². The molecule has 0 bridgehead atoms. The predicted octanol–water partition coefficient (Wildman–Crippen LogP) is 2.16. The van der Waals surface area contributed by atoms with Crippen molar-refractivity contribution in [3.05, 3.63) is 58.9 Å². The van der Waals surface area contributed by atoms with E-state index in [1.54, 1.807) is 35.2 Å². The van der Waals surface area contributed by atoms with Gasteiger partial charge in [-0.15, -0.1) is 0 Å². The van der Waals surface area contributed by atoms with Crippen LogP contribution in [0.25, 0.3) is 0 Å². The van der Waals surface area contributed by atoms with Crippen LogP contribution in [0.15, 0.2) is 36.4 Å². The van der Waals surface area contributed by atoms with Crippen LogP contribution in [0.2, 0.25) is 0 Å². The first-order valence-electron chi connectivity index (χ1n) is 9.62. The molecule has 8 heteroatoms. The molecule has 0 spiro atoms. The van der Waals surface area contributed by atoms with Crippen LogP contribution in [0.3, 0.4) is 0 Å². The number of nitrogens with two attached hydrogens (primary N) is 1. The molecule has 2 amide bonds. The third kappa shape index (κ3) is 4.76. The van der Waals surface area contributed by atoms with E-state index >= 15 is 0 Å². The molecule has 1 saturated heterocycles. The standard InChI is InChI=1S/C22H24FN3O4/c1-14-3-5-17(22(24)29)20(11-14)30-13-21(28)26-9-7-25(8-10-26)19-6-4-16(15(2)27)12-18(19)23/h3-6,11-12H,7-10,13H2,1-2H3,(H2,24,29). The second-order valence-electron chi connectivity index (χ2n) is 7.24. The zero-order valence-corrected chi connectivity index (χ0v) is 17.0. The van der Waals surface area contributed by atoms with Crippen molar-refractivity contribution in [2.75, 3.05) is 37.7 Å². The number of anilines is 1. The monoisotopic (exact) mass is 413 g/mol. The van der Waals surface area contributed by atoms with E-state index < -0.39 is 11.7 Å². The molecule has 2 aromatic carbocycles. The zero-order valence-electron chi connectivity index (χ0n) is 17.0. The van der Waals surface area contributed by atoms with Crippen molar-refractivity contribution in [3.8, 4) is 5.75 Å². The van der Waals surface area contributed by atoms with Crippen molar-refractivity contribution in [1.82, 2.24) is 4.90 Å². The highest BCUT2D eigenvalue weighted by Gasteiger charge is 2.24. The van der Waals surface area contributed by atoms with Gasteiger partial charge in [-0.1, -0.05) is 6.07 Å². The third-order valence-electron chi connectivity index (χ3n) is 5.08. The van der Waals surface area contributed by atoms with Crippen LogP contribution in [0.5, 0.6) is 5.75 Å². The number of halogens is 1. The third-order valence-corrected chi connectivity index (χ3v) is 5.08. The summed E-state index contributed by atoms with van der Waals surface area (Å²) in [5, 5.41) is 0. The van der Waals surface area contributed by atoms with E-state index in [-0.39, 0.29) is 29.6 Å². The summed E-state index contributed by atoms with van der Waals surface area (Å²) >= 11 is 0. The quantitative estimate of drug-likeness (QED) is 0.733. The molecule has 1 aliphatic rings. The van der Waals surface area contributed by atoms with E-state index in [4.69, 9.17) is 10.5 Å². The minimum atomic E-state index is -0.621. The molecule has 0 aromatic heterocycles. The Morgan fingerprint density at radius 3 is 2.37 bits per heavy atom. The summed E-state index contributed by atoms with van der Waals surface area (Å²) in [5.41, 5.74) is 7.20. The van der Waals surface area contributed by atoms with Gasteiger partial charge in [-0.25, -0.2) is 4.39 Å². The number of primary amides is 1. The maximum absolute atomic E-state index is 14.4. The van der Waals surface area contributed by atoms with Crippen molar-refractivity contribution in [2.45, 2.75) is 13.8 Å². The fraction of sp³-hybridized carbons (Fsp3) is 0.318. The lowest BCUT2D eigenvalue weighted by atomic mass is 10.1.